The van der Waals surface area contributed by atoms with Crippen molar-refractivity contribution in [3.8, 4) is 5.75 Å². The Kier molecular flexibility index (Phi) is 4.91. The minimum Gasteiger partial charge on any atom is -0.508 e. The van der Waals surface area contributed by atoms with Gasteiger partial charge in [-0.2, -0.15) is 13.2 Å². The van der Waals surface area contributed by atoms with Gasteiger partial charge in [0.2, 0.25) is 0 Å². The van der Waals surface area contributed by atoms with Gasteiger partial charge in [-0.15, -0.1) is 0 Å². The number of fused-ring (bicyclic) bond motifs is 1. The third-order valence-electron chi connectivity index (χ3n) is 5.02. The van der Waals surface area contributed by atoms with Gasteiger partial charge in [-0.1, -0.05) is 32.0 Å². The zero-order valence-corrected chi connectivity index (χ0v) is 15.4. The predicted molar refractivity (Wildman–Crippen MR) is 98.7 cm³/mol. The highest BCUT2D eigenvalue weighted by atomic mass is 19.4. The Balaban J connectivity index is 1.98. The number of benzene rings is 2. The van der Waals surface area contributed by atoms with Gasteiger partial charge in [-0.25, -0.2) is 4.39 Å². The van der Waals surface area contributed by atoms with Gasteiger partial charge in [0.05, 0.1) is 0 Å². The fraction of sp³-hybridized carbons (Fsp3) is 0.333. The summed E-state index contributed by atoms with van der Waals surface area (Å²) in [4.78, 5) is 2.90. The van der Waals surface area contributed by atoms with Crippen molar-refractivity contribution >= 4 is 10.9 Å². The molecule has 0 aliphatic rings. The number of H-pyrrole nitrogens is 1. The Labute approximate surface area is 159 Å². The molecule has 3 aromatic rings. The highest BCUT2D eigenvalue weighted by Crippen LogP contribution is 2.45. The minimum absolute atomic E-state index is 0.00632. The van der Waals surface area contributed by atoms with Crippen molar-refractivity contribution < 1.29 is 27.8 Å². The third-order valence-corrected chi connectivity index (χ3v) is 5.02. The van der Waals surface area contributed by atoms with Crippen LogP contribution in [-0.2, 0) is 11.8 Å². The SMILES string of the molecule is CC(C)(CC(O)(Cc1cc2ccccc2[nH]1)C(F)(F)F)c1cc(F)ccc1O. The first-order valence-electron chi connectivity index (χ1n) is 8.76. The topological polar surface area (TPSA) is 56.2 Å². The molecule has 1 unspecified atom stereocenters. The maximum absolute atomic E-state index is 13.9. The zero-order valence-electron chi connectivity index (χ0n) is 15.4. The van der Waals surface area contributed by atoms with Gasteiger partial charge in [0, 0.05) is 23.2 Å². The van der Waals surface area contributed by atoms with Crippen LogP contribution >= 0.6 is 0 Å². The van der Waals surface area contributed by atoms with Crippen LogP contribution in [0.2, 0.25) is 0 Å². The van der Waals surface area contributed by atoms with Crippen molar-refractivity contribution in [2.75, 3.05) is 0 Å². The van der Waals surface area contributed by atoms with Gasteiger partial charge in [0.1, 0.15) is 11.6 Å². The molecule has 0 amide bonds. The fourth-order valence-corrected chi connectivity index (χ4v) is 3.68. The summed E-state index contributed by atoms with van der Waals surface area (Å²) < 4.78 is 55.2. The van der Waals surface area contributed by atoms with Crippen molar-refractivity contribution in [1.29, 1.82) is 0 Å². The summed E-state index contributed by atoms with van der Waals surface area (Å²) in [6.07, 6.45) is -6.37. The lowest BCUT2D eigenvalue weighted by Gasteiger charge is -2.38. The van der Waals surface area contributed by atoms with E-state index < -0.39 is 35.9 Å². The summed E-state index contributed by atoms with van der Waals surface area (Å²) in [5.74, 6) is -0.992. The molecule has 150 valence electrons. The van der Waals surface area contributed by atoms with E-state index in [-0.39, 0.29) is 17.0 Å². The van der Waals surface area contributed by atoms with E-state index in [1.165, 1.54) is 13.8 Å². The monoisotopic (exact) mass is 395 g/mol. The Hall–Kier alpha value is -2.54. The van der Waals surface area contributed by atoms with Crippen LogP contribution in [0.15, 0.2) is 48.5 Å². The molecule has 3 N–H and O–H groups in total. The molecular weight excluding hydrogens is 374 g/mol. The first kappa shape index (κ1) is 20.2. The van der Waals surface area contributed by atoms with Crippen LogP contribution in [0, 0.1) is 5.82 Å². The summed E-state index contributed by atoms with van der Waals surface area (Å²) in [6, 6.07) is 11.7. The van der Waals surface area contributed by atoms with E-state index in [4.69, 9.17) is 0 Å². The van der Waals surface area contributed by atoms with Crippen LogP contribution in [0.1, 0.15) is 31.5 Å². The number of aromatic hydroxyl groups is 1. The molecule has 2 aromatic carbocycles. The van der Waals surface area contributed by atoms with E-state index in [0.717, 1.165) is 23.6 Å². The number of aromatic amines is 1. The van der Waals surface area contributed by atoms with Crippen LogP contribution in [0.4, 0.5) is 17.6 Å². The molecule has 0 spiro atoms. The number of halogens is 4. The smallest absolute Gasteiger partial charge is 0.417 e. The van der Waals surface area contributed by atoms with Gasteiger partial charge >= 0.3 is 6.18 Å². The Morgan fingerprint density at radius 2 is 1.68 bits per heavy atom. The van der Waals surface area contributed by atoms with Crippen LogP contribution in [0.3, 0.4) is 0 Å². The van der Waals surface area contributed by atoms with E-state index in [2.05, 4.69) is 4.98 Å². The number of phenolic OH excluding ortho intramolecular Hbond substituents is 1. The van der Waals surface area contributed by atoms with Gasteiger partial charge < -0.3 is 15.2 Å². The Morgan fingerprint density at radius 3 is 2.32 bits per heavy atom. The minimum atomic E-state index is -4.93. The fourth-order valence-electron chi connectivity index (χ4n) is 3.68. The molecule has 1 heterocycles. The maximum atomic E-state index is 13.9. The number of hydrogen-bond acceptors (Lipinski definition) is 2. The summed E-state index contributed by atoms with van der Waals surface area (Å²) in [5.41, 5.74) is -3.50. The van der Waals surface area contributed by atoms with Gasteiger partial charge in [-0.3, -0.25) is 0 Å². The van der Waals surface area contributed by atoms with E-state index in [9.17, 15) is 27.8 Å². The van der Waals surface area contributed by atoms with Crippen molar-refractivity contribution in [2.45, 2.75) is 43.9 Å². The molecule has 7 heteroatoms. The molecule has 0 radical (unpaired) electrons. The molecule has 1 aromatic heterocycles. The number of aliphatic hydroxyl groups is 1. The number of aromatic nitrogens is 1. The molecular formula is C21H21F4NO2. The highest BCUT2D eigenvalue weighted by Gasteiger charge is 2.56. The number of hydrogen-bond donors (Lipinski definition) is 3. The normalized spacial score (nSPS) is 15.0. The molecule has 3 rings (SSSR count). The largest absolute Gasteiger partial charge is 0.508 e. The van der Waals surface area contributed by atoms with E-state index in [1.807, 2.05) is 0 Å². The molecule has 0 bridgehead atoms. The highest BCUT2D eigenvalue weighted by molar-refractivity contribution is 5.80. The zero-order chi connectivity index (χ0) is 20.7. The van der Waals surface area contributed by atoms with E-state index in [0.29, 0.717) is 5.52 Å². The number of nitrogens with one attached hydrogen (secondary N) is 1. The molecule has 0 aliphatic carbocycles. The first-order chi connectivity index (χ1) is 12.9. The Morgan fingerprint density at radius 1 is 1.00 bits per heavy atom. The van der Waals surface area contributed by atoms with Crippen molar-refractivity contribution in [1.82, 2.24) is 4.98 Å². The summed E-state index contributed by atoms with van der Waals surface area (Å²) in [5, 5.41) is 21.4. The standard InChI is InChI=1S/C21H21F4NO2/c1-19(2,16-10-14(22)7-8-18(16)27)12-20(28,21(23,24)25)11-15-9-13-5-3-4-6-17(13)26-15/h3-10,26-28H,11-12H2,1-2H3. The van der Waals surface area contributed by atoms with Crippen molar-refractivity contribution in [3.05, 3.63) is 65.6 Å². The van der Waals surface area contributed by atoms with E-state index in [1.54, 1.807) is 30.3 Å². The molecule has 28 heavy (non-hydrogen) atoms. The second-order valence-corrected chi connectivity index (χ2v) is 7.81. The van der Waals surface area contributed by atoms with Crippen molar-refractivity contribution in [2.24, 2.45) is 0 Å². The quantitative estimate of drug-likeness (QED) is 0.519. The van der Waals surface area contributed by atoms with E-state index >= 15 is 0 Å². The van der Waals surface area contributed by atoms with Crippen LogP contribution in [0.25, 0.3) is 10.9 Å². The third kappa shape index (κ3) is 3.85. The number of phenols is 1. The van der Waals surface area contributed by atoms with Gasteiger partial charge in [0.15, 0.2) is 5.60 Å². The lowest BCUT2D eigenvalue weighted by molar-refractivity contribution is -0.266. The predicted octanol–water partition coefficient (Wildman–Crippen LogP) is 5.22. The lowest BCUT2D eigenvalue weighted by atomic mass is 9.73. The second kappa shape index (κ2) is 6.81. The van der Waals surface area contributed by atoms with Crippen LogP contribution < -0.4 is 0 Å². The van der Waals surface area contributed by atoms with Gasteiger partial charge in [0.25, 0.3) is 0 Å². The molecule has 0 saturated carbocycles. The second-order valence-electron chi connectivity index (χ2n) is 7.81. The molecule has 3 nitrogen and oxygen atoms in total. The number of para-hydroxylation sites is 1. The summed E-state index contributed by atoms with van der Waals surface area (Å²) >= 11 is 0. The van der Waals surface area contributed by atoms with Gasteiger partial charge in [-0.05, 0) is 47.6 Å². The summed E-state index contributed by atoms with van der Waals surface area (Å²) in [7, 11) is 0. The maximum Gasteiger partial charge on any atom is 0.417 e. The molecule has 0 fully saturated rings. The van der Waals surface area contributed by atoms with Crippen LogP contribution in [-0.4, -0.2) is 27.0 Å². The number of alkyl halides is 3. The average molecular weight is 395 g/mol. The molecule has 0 saturated heterocycles. The summed E-state index contributed by atoms with van der Waals surface area (Å²) in [6.45, 7) is 2.87. The lowest BCUT2D eigenvalue weighted by Crippen LogP contribution is -2.50. The Bertz CT molecular complexity index is 960. The van der Waals surface area contributed by atoms with Crippen LogP contribution in [0.5, 0.6) is 5.75 Å². The van der Waals surface area contributed by atoms with Crippen molar-refractivity contribution in [3.63, 3.8) is 0 Å². The average Bonchev–Trinajstić information content (AvgIpc) is 2.97. The first-order valence-corrected chi connectivity index (χ1v) is 8.76. The molecule has 0 aliphatic heterocycles. The number of rotatable bonds is 5. The molecule has 1 atom stereocenters.